The summed E-state index contributed by atoms with van der Waals surface area (Å²) in [5.74, 6) is 0.633. The molecular formula is C19H21ClN2O4S. The monoisotopic (exact) mass is 408 g/mol. The first-order chi connectivity index (χ1) is 12.9. The lowest BCUT2D eigenvalue weighted by Gasteiger charge is -2.26. The highest BCUT2D eigenvalue weighted by Crippen LogP contribution is 2.30. The number of rotatable bonds is 5. The Bertz CT molecular complexity index is 954. The Labute approximate surface area is 164 Å². The van der Waals surface area contributed by atoms with Crippen LogP contribution < -0.4 is 4.74 Å². The topological polar surface area (TPSA) is 79.2 Å². The van der Waals surface area contributed by atoms with Gasteiger partial charge in [-0.3, -0.25) is 4.99 Å². The van der Waals surface area contributed by atoms with E-state index in [4.69, 9.17) is 16.3 Å². The van der Waals surface area contributed by atoms with Gasteiger partial charge in [-0.2, -0.15) is 4.31 Å². The smallest absolute Gasteiger partial charge is 0.244 e. The number of aliphatic imine (C=N–C) groups is 1. The van der Waals surface area contributed by atoms with Crippen molar-refractivity contribution < 1.29 is 18.3 Å². The Morgan fingerprint density at radius 3 is 2.59 bits per heavy atom. The van der Waals surface area contributed by atoms with E-state index in [1.807, 2.05) is 0 Å². The molecule has 27 heavy (non-hydrogen) atoms. The van der Waals surface area contributed by atoms with Crippen molar-refractivity contribution in [2.45, 2.75) is 24.2 Å². The molecule has 2 aromatic carbocycles. The maximum Gasteiger partial charge on any atom is 0.244 e. The number of hydrogen-bond donors (Lipinski definition) is 1. The normalized spacial score (nSPS) is 15.9. The Hall–Kier alpha value is -2.09. The van der Waals surface area contributed by atoms with Crippen LogP contribution in [0.3, 0.4) is 0 Å². The molecule has 1 heterocycles. The predicted octanol–water partition coefficient (Wildman–Crippen LogP) is 3.98. The van der Waals surface area contributed by atoms with Crippen molar-refractivity contribution >= 4 is 33.5 Å². The molecule has 0 atom stereocenters. The molecule has 1 fully saturated rings. The number of benzene rings is 2. The summed E-state index contributed by atoms with van der Waals surface area (Å²) in [7, 11) is -2.13. The van der Waals surface area contributed by atoms with Crippen molar-refractivity contribution in [1.82, 2.24) is 4.31 Å². The number of sulfonamides is 1. The van der Waals surface area contributed by atoms with Gasteiger partial charge in [-0.1, -0.05) is 18.0 Å². The number of aromatic hydroxyl groups is 1. The number of nitrogens with zero attached hydrogens (tertiary/aromatic N) is 2. The first-order valence-electron chi connectivity index (χ1n) is 8.62. The second kappa shape index (κ2) is 8.29. The van der Waals surface area contributed by atoms with Gasteiger partial charge in [-0.15, -0.1) is 0 Å². The molecule has 1 saturated heterocycles. The third-order valence-electron chi connectivity index (χ3n) is 4.44. The Morgan fingerprint density at radius 2 is 1.89 bits per heavy atom. The quantitative estimate of drug-likeness (QED) is 0.759. The van der Waals surface area contributed by atoms with Crippen LogP contribution in [-0.4, -0.2) is 44.2 Å². The summed E-state index contributed by atoms with van der Waals surface area (Å²) in [6.45, 7) is 1.01. The minimum absolute atomic E-state index is 0.0506. The van der Waals surface area contributed by atoms with Gasteiger partial charge < -0.3 is 9.84 Å². The fraction of sp³-hybridized carbons (Fsp3) is 0.316. The average Bonchev–Trinajstić information content (AvgIpc) is 2.69. The van der Waals surface area contributed by atoms with Crippen molar-refractivity contribution in [2.75, 3.05) is 20.2 Å². The first kappa shape index (κ1) is 19.7. The van der Waals surface area contributed by atoms with Crippen LogP contribution in [0.4, 0.5) is 5.69 Å². The van der Waals surface area contributed by atoms with Crippen molar-refractivity contribution in [3.8, 4) is 11.5 Å². The van der Waals surface area contributed by atoms with Crippen LogP contribution in [0.2, 0.25) is 5.02 Å². The van der Waals surface area contributed by atoms with Gasteiger partial charge in [0, 0.05) is 24.9 Å². The molecule has 1 N–H and O–H groups in total. The second-order valence-corrected chi connectivity index (χ2v) is 8.58. The van der Waals surface area contributed by atoms with Crippen LogP contribution in [0.1, 0.15) is 24.8 Å². The van der Waals surface area contributed by atoms with Crippen molar-refractivity contribution in [3.05, 3.63) is 47.0 Å². The van der Waals surface area contributed by atoms with E-state index in [9.17, 15) is 13.5 Å². The van der Waals surface area contributed by atoms with Crippen LogP contribution in [0.15, 0.2) is 46.3 Å². The minimum atomic E-state index is -3.66. The van der Waals surface area contributed by atoms with Gasteiger partial charge in [0.2, 0.25) is 10.0 Å². The molecule has 6 nitrogen and oxygen atoms in total. The summed E-state index contributed by atoms with van der Waals surface area (Å²) < 4.78 is 32.4. The molecule has 0 bridgehead atoms. The molecule has 1 aliphatic heterocycles. The highest BCUT2D eigenvalue weighted by Gasteiger charge is 2.28. The summed E-state index contributed by atoms with van der Waals surface area (Å²) in [6.07, 6.45) is 4.19. The highest BCUT2D eigenvalue weighted by atomic mass is 35.5. The second-order valence-electron chi connectivity index (χ2n) is 6.26. The molecule has 3 rings (SSSR count). The van der Waals surface area contributed by atoms with Gasteiger partial charge in [0.1, 0.15) is 16.4 Å². The number of phenols is 1. The number of hydrogen-bond acceptors (Lipinski definition) is 5. The van der Waals surface area contributed by atoms with Crippen molar-refractivity contribution in [2.24, 2.45) is 4.99 Å². The molecule has 0 aromatic heterocycles. The standard InChI is InChI=1S/C19H21ClN2O4S/c1-26-16-6-8-18(23)14(11-16)13-21-15-5-7-17(20)19(12-15)27(24,25)22-9-3-2-4-10-22/h5-8,11-13,23H,2-4,9-10H2,1H3. The summed E-state index contributed by atoms with van der Waals surface area (Å²) in [6, 6.07) is 9.40. The molecular weight excluding hydrogens is 388 g/mol. The van der Waals surface area contributed by atoms with E-state index in [1.54, 1.807) is 18.2 Å². The van der Waals surface area contributed by atoms with Crippen LogP contribution in [0.25, 0.3) is 0 Å². The van der Waals surface area contributed by atoms with E-state index in [1.165, 1.54) is 35.8 Å². The molecule has 2 aromatic rings. The Balaban J connectivity index is 1.91. The van der Waals surface area contributed by atoms with E-state index < -0.39 is 10.0 Å². The number of halogens is 1. The summed E-state index contributed by atoms with van der Waals surface area (Å²) in [4.78, 5) is 4.34. The van der Waals surface area contributed by atoms with Crippen LogP contribution in [0, 0.1) is 0 Å². The zero-order chi connectivity index (χ0) is 19.4. The fourth-order valence-electron chi connectivity index (χ4n) is 2.92. The highest BCUT2D eigenvalue weighted by molar-refractivity contribution is 7.89. The Morgan fingerprint density at radius 1 is 1.15 bits per heavy atom. The summed E-state index contributed by atoms with van der Waals surface area (Å²) >= 11 is 6.17. The molecule has 0 spiro atoms. The number of phenolic OH excluding ortho intramolecular Hbond substituents is 1. The largest absolute Gasteiger partial charge is 0.507 e. The van der Waals surface area contributed by atoms with E-state index in [0.29, 0.717) is 30.1 Å². The van der Waals surface area contributed by atoms with Crippen LogP contribution in [0.5, 0.6) is 11.5 Å². The van der Waals surface area contributed by atoms with Gasteiger partial charge in [0.05, 0.1) is 17.8 Å². The Kier molecular flexibility index (Phi) is 6.04. The van der Waals surface area contributed by atoms with Gasteiger partial charge >= 0.3 is 0 Å². The third-order valence-corrected chi connectivity index (χ3v) is 6.82. The lowest BCUT2D eigenvalue weighted by molar-refractivity contribution is 0.346. The zero-order valence-electron chi connectivity index (χ0n) is 14.9. The lowest BCUT2D eigenvalue weighted by Crippen LogP contribution is -2.35. The maximum absolute atomic E-state index is 12.9. The number of piperidine rings is 1. The lowest BCUT2D eigenvalue weighted by atomic mass is 10.2. The molecule has 1 aliphatic rings. The van der Waals surface area contributed by atoms with Gasteiger partial charge in [-0.05, 0) is 49.2 Å². The molecule has 0 aliphatic carbocycles. The van der Waals surface area contributed by atoms with Crippen molar-refractivity contribution in [1.29, 1.82) is 0 Å². The van der Waals surface area contributed by atoms with Gasteiger partial charge in [0.25, 0.3) is 0 Å². The summed E-state index contributed by atoms with van der Waals surface area (Å²) in [5.41, 5.74) is 0.891. The van der Waals surface area contributed by atoms with E-state index in [-0.39, 0.29) is 15.7 Å². The molecule has 0 unspecified atom stereocenters. The fourth-order valence-corrected chi connectivity index (χ4v) is 4.93. The first-order valence-corrected chi connectivity index (χ1v) is 10.4. The van der Waals surface area contributed by atoms with E-state index in [2.05, 4.69) is 4.99 Å². The van der Waals surface area contributed by atoms with Gasteiger partial charge in [0.15, 0.2) is 0 Å². The average molecular weight is 409 g/mol. The zero-order valence-corrected chi connectivity index (χ0v) is 16.5. The van der Waals surface area contributed by atoms with Crippen LogP contribution >= 0.6 is 11.6 Å². The predicted molar refractivity (Wildman–Crippen MR) is 106 cm³/mol. The van der Waals surface area contributed by atoms with Gasteiger partial charge in [-0.25, -0.2) is 8.42 Å². The van der Waals surface area contributed by atoms with E-state index in [0.717, 1.165) is 19.3 Å². The number of ether oxygens (including phenoxy) is 1. The SMILES string of the molecule is COc1ccc(O)c(C=Nc2ccc(Cl)c(S(=O)(=O)N3CCCCC3)c2)c1. The third kappa shape index (κ3) is 4.43. The molecule has 0 radical (unpaired) electrons. The number of methoxy groups -OCH3 is 1. The molecule has 0 saturated carbocycles. The molecule has 0 amide bonds. The van der Waals surface area contributed by atoms with E-state index >= 15 is 0 Å². The van der Waals surface area contributed by atoms with Crippen molar-refractivity contribution in [3.63, 3.8) is 0 Å². The van der Waals surface area contributed by atoms with Crippen LogP contribution in [-0.2, 0) is 10.0 Å². The minimum Gasteiger partial charge on any atom is -0.507 e. The molecule has 8 heteroatoms. The maximum atomic E-state index is 12.9. The summed E-state index contributed by atoms with van der Waals surface area (Å²) in [5, 5.41) is 10.1. The molecule has 144 valence electrons.